The van der Waals surface area contributed by atoms with E-state index in [4.69, 9.17) is 4.74 Å². The normalized spacial score (nSPS) is 10.9. The highest BCUT2D eigenvalue weighted by molar-refractivity contribution is 7.14. The zero-order chi connectivity index (χ0) is 23.9. The minimum Gasteiger partial charge on any atom is -0.487 e. The third kappa shape index (κ3) is 6.37. The van der Waals surface area contributed by atoms with Crippen LogP contribution in [-0.4, -0.2) is 21.8 Å². The summed E-state index contributed by atoms with van der Waals surface area (Å²) in [5.74, 6) is 0.270. The van der Waals surface area contributed by atoms with E-state index in [1.54, 1.807) is 17.4 Å². The van der Waals surface area contributed by atoms with Gasteiger partial charge in [0.05, 0.1) is 16.4 Å². The van der Waals surface area contributed by atoms with E-state index in [0.29, 0.717) is 17.5 Å². The number of nitrogens with zero attached hydrogens (tertiary/aromatic N) is 2. The van der Waals surface area contributed by atoms with E-state index in [0.717, 1.165) is 33.2 Å². The van der Waals surface area contributed by atoms with E-state index in [1.807, 2.05) is 66.2 Å². The van der Waals surface area contributed by atoms with Crippen LogP contribution in [0.3, 0.4) is 0 Å². The molecule has 0 aliphatic carbocycles. The molecule has 0 aliphatic heterocycles. The molecule has 0 bridgehead atoms. The number of hydrogen-bond donors (Lipinski definition) is 2. The number of thiazole rings is 2. The monoisotopic (exact) mass is 490 g/mol. The van der Waals surface area contributed by atoms with Crippen molar-refractivity contribution in [1.82, 2.24) is 9.97 Å². The number of hydrogen-bond acceptors (Lipinski definition) is 7. The summed E-state index contributed by atoms with van der Waals surface area (Å²) in [7, 11) is 0. The van der Waals surface area contributed by atoms with Crippen LogP contribution in [0.1, 0.15) is 23.2 Å². The molecule has 34 heavy (non-hydrogen) atoms. The number of anilines is 2. The Labute approximate surface area is 205 Å². The first-order chi connectivity index (χ1) is 16.5. The molecule has 9 heteroatoms. The van der Waals surface area contributed by atoms with Crippen molar-refractivity contribution in [2.75, 3.05) is 10.6 Å². The summed E-state index contributed by atoms with van der Waals surface area (Å²) in [5, 5.41) is 10.9. The lowest BCUT2D eigenvalue weighted by Gasteiger charge is -2.07. The van der Waals surface area contributed by atoms with Gasteiger partial charge < -0.3 is 10.1 Å². The van der Waals surface area contributed by atoms with Gasteiger partial charge in [-0.1, -0.05) is 30.3 Å². The summed E-state index contributed by atoms with van der Waals surface area (Å²) in [5.41, 5.74) is 4.03. The van der Waals surface area contributed by atoms with Crippen LogP contribution < -0.4 is 15.4 Å². The fourth-order valence-corrected chi connectivity index (χ4v) is 4.40. The lowest BCUT2D eigenvalue weighted by atomic mass is 10.1. The van der Waals surface area contributed by atoms with Gasteiger partial charge in [0, 0.05) is 40.6 Å². The second-order valence-electron chi connectivity index (χ2n) is 7.30. The Balaban J connectivity index is 1.36. The molecule has 4 rings (SSSR count). The summed E-state index contributed by atoms with van der Waals surface area (Å²) in [4.78, 5) is 32.5. The zero-order valence-electron chi connectivity index (χ0n) is 18.6. The van der Waals surface area contributed by atoms with E-state index >= 15 is 0 Å². The first kappa shape index (κ1) is 23.3. The Morgan fingerprint density at radius 1 is 1.00 bits per heavy atom. The molecule has 2 heterocycles. The van der Waals surface area contributed by atoms with Crippen molar-refractivity contribution >= 4 is 51.4 Å². The lowest BCUT2D eigenvalue weighted by molar-refractivity contribution is -0.114. The fraction of sp³-hybridized carbons (Fsp3) is 0.120. The van der Waals surface area contributed by atoms with Crippen molar-refractivity contribution in [3.8, 4) is 17.0 Å². The molecular weight excluding hydrogens is 468 g/mol. The molecule has 4 aromatic rings. The number of aryl methyl sites for hydroxylation is 1. The molecular formula is C25H22N4O3S2. The average molecular weight is 491 g/mol. The van der Waals surface area contributed by atoms with Crippen LogP contribution in [0, 0.1) is 6.92 Å². The predicted octanol–water partition coefficient (Wildman–Crippen LogP) is 5.76. The van der Waals surface area contributed by atoms with Crippen LogP contribution in [0.4, 0.5) is 10.8 Å². The Morgan fingerprint density at radius 3 is 2.53 bits per heavy atom. The Bertz CT molecular complexity index is 1330. The molecule has 0 saturated heterocycles. The van der Waals surface area contributed by atoms with Gasteiger partial charge in [-0.3, -0.25) is 14.9 Å². The van der Waals surface area contributed by atoms with Gasteiger partial charge >= 0.3 is 0 Å². The number of rotatable bonds is 8. The molecule has 2 aromatic heterocycles. The summed E-state index contributed by atoms with van der Waals surface area (Å²) in [6.45, 7) is 3.79. The topological polar surface area (TPSA) is 93.2 Å². The summed E-state index contributed by atoms with van der Waals surface area (Å²) in [6, 6.07) is 14.9. The first-order valence-corrected chi connectivity index (χ1v) is 12.2. The number of para-hydroxylation sites is 1. The molecule has 7 nitrogen and oxygen atoms in total. The molecule has 2 N–H and O–H groups in total. The van der Waals surface area contributed by atoms with Crippen molar-refractivity contribution in [3.05, 3.63) is 81.6 Å². The molecule has 2 aromatic carbocycles. The minimum absolute atomic E-state index is 0.122. The third-order valence-electron chi connectivity index (χ3n) is 4.61. The van der Waals surface area contributed by atoms with Crippen LogP contribution >= 0.6 is 22.7 Å². The molecule has 0 unspecified atom stereocenters. The summed E-state index contributed by atoms with van der Waals surface area (Å²) < 4.78 is 5.90. The highest BCUT2D eigenvalue weighted by atomic mass is 32.1. The average Bonchev–Trinajstić information content (AvgIpc) is 3.46. The first-order valence-electron chi connectivity index (χ1n) is 10.4. The van der Waals surface area contributed by atoms with Gasteiger partial charge in [0.2, 0.25) is 11.8 Å². The number of amides is 2. The Morgan fingerprint density at radius 2 is 1.79 bits per heavy atom. The number of carbonyl (C=O) groups is 2. The van der Waals surface area contributed by atoms with Gasteiger partial charge in [0.15, 0.2) is 5.13 Å². The van der Waals surface area contributed by atoms with Crippen LogP contribution in [0.25, 0.3) is 17.3 Å². The summed E-state index contributed by atoms with van der Waals surface area (Å²) >= 11 is 2.93. The smallest absolute Gasteiger partial charge is 0.250 e. The van der Waals surface area contributed by atoms with E-state index in [2.05, 4.69) is 20.6 Å². The van der Waals surface area contributed by atoms with Gasteiger partial charge in [-0.05, 0) is 31.2 Å². The van der Waals surface area contributed by atoms with Gasteiger partial charge in [0.1, 0.15) is 12.4 Å². The van der Waals surface area contributed by atoms with Gasteiger partial charge in [-0.25, -0.2) is 9.97 Å². The van der Waals surface area contributed by atoms with Crippen molar-refractivity contribution in [2.24, 2.45) is 0 Å². The van der Waals surface area contributed by atoms with E-state index in [-0.39, 0.29) is 11.8 Å². The van der Waals surface area contributed by atoms with Crippen LogP contribution in [-0.2, 0) is 16.2 Å². The lowest BCUT2D eigenvalue weighted by Crippen LogP contribution is -2.07. The van der Waals surface area contributed by atoms with Crippen molar-refractivity contribution < 1.29 is 14.3 Å². The molecule has 0 saturated carbocycles. The number of benzene rings is 2. The molecule has 0 radical (unpaired) electrons. The Hall–Kier alpha value is -3.82. The van der Waals surface area contributed by atoms with Crippen molar-refractivity contribution in [2.45, 2.75) is 20.5 Å². The second-order valence-corrected chi connectivity index (χ2v) is 9.22. The molecule has 0 fully saturated rings. The molecule has 2 amide bonds. The number of ether oxygens (including phenoxy) is 1. The third-order valence-corrected chi connectivity index (χ3v) is 6.19. The summed E-state index contributed by atoms with van der Waals surface area (Å²) in [6.07, 6.45) is 3.17. The van der Waals surface area contributed by atoms with Gasteiger partial charge in [-0.15, -0.1) is 22.7 Å². The molecule has 0 spiro atoms. The number of nitrogens with one attached hydrogen (secondary N) is 2. The predicted molar refractivity (Wildman–Crippen MR) is 137 cm³/mol. The van der Waals surface area contributed by atoms with Crippen molar-refractivity contribution in [3.63, 3.8) is 0 Å². The molecule has 0 atom stereocenters. The van der Waals surface area contributed by atoms with E-state index < -0.39 is 0 Å². The van der Waals surface area contributed by atoms with Crippen LogP contribution in [0.15, 0.2) is 65.4 Å². The Kier molecular flexibility index (Phi) is 7.46. The van der Waals surface area contributed by atoms with Crippen LogP contribution in [0.5, 0.6) is 5.75 Å². The fourth-order valence-electron chi connectivity index (χ4n) is 3.08. The largest absolute Gasteiger partial charge is 0.487 e. The standard InChI is InChI=1S/C25H22N4O3S2/c1-16(30)26-20-10-7-18(8-11-20)22-15-34-25(28-22)29-24(31)12-9-19-5-3-4-6-23(19)32-13-21-14-33-17(2)27-21/h3-12,14-15H,13H2,1-2H3,(H,26,30)(H,28,29,31)/b12-9+. The van der Waals surface area contributed by atoms with Gasteiger partial charge in [0.25, 0.3) is 0 Å². The van der Waals surface area contributed by atoms with E-state index in [9.17, 15) is 9.59 Å². The SMILES string of the molecule is CC(=O)Nc1ccc(-c2csc(NC(=O)/C=C/c3ccccc3OCc3csc(C)n3)n2)cc1. The maximum absolute atomic E-state index is 12.5. The molecule has 0 aliphatic rings. The maximum Gasteiger partial charge on any atom is 0.250 e. The number of carbonyl (C=O) groups excluding carboxylic acids is 2. The van der Waals surface area contributed by atoms with Crippen molar-refractivity contribution in [1.29, 1.82) is 0 Å². The zero-order valence-corrected chi connectivity index (χ0v) is 20.2. The quantitative estimate of drug-likeness (QED) is 0.306. The van der Waals surface area contributed by atoms with Crippen LogP contribution in [0.2, 0.25) is 0 Å². The highest BCUT2D eigenvalue weighted by Gasteiger charge is 2.08. The number of aromatic nitrogens is 2. The second kappa shape index (κ2) is 10.9. The maximum atomic E-state index is 12.5. The minimum atomic E-state index is -0.285. The highest BCUT2D eigenvalue weighted by Crippen LogP contribution is 2.26. The molecule has 172 valence electrons. The van der Waals surface area contributed by atoms with E-state index in [1.165, 1.54) is 24.3 Å². The van der Waals surface area contributed by atoms with Gasteiger partial charge in [-0.2, -0.15) is 0 Å².